The predicted octanol–water partition coefficient (Wildman–Crippen LogP) is 4.36. The average Bonchev–Trinajstić information content (AvgIpc) is 2.29. The van der Waals surface area contributed by atoms with E-state index in [4.69, 9.17) is 23.2 Å². The Morgan fingerprint density at radius 3 is 2.24 bits per heavy atom. The zero-order chi connectivity index (χ0) is 12.4. The average molecular weight is 269 g/mol. The summed E-state index contributed by atoms with van der Waals surface area (Å²) < 4.78 is 13.5. The number of halogens is 3. The SMILES string of the molecule is O=C(c1ccc(Cl)cc1)c1c(F)cccc1Cl. The first kappa shape index (κ1) is 12.1. The number of hydrogen-bond donors (Lipinski definition) is 0. The lowest BCUT2D eigenvalue weighted by molar-refractivity contribution is 0.103. The molecule has 2 rings (SSSR count). The van der Waals surface area contributed by atoms with Crippen LogP contribution in [0.4, 0.5) is 4.39 Å². The molecule has 17 heavy (non-hydrogen) atoms. The van der Waals surface area contributed by atoms with Crippen LogP contribution >= 0.6 is 23.2 Å². The molecule has 0 saturated heterocycles. The molecule has 0 aliphatic rings. The highest BCUT2D eigenvalue weighted by molar-refractivity contribution is 6.35. The van der Waals surface area contributed by atoms with Crippen LogP contribution < -0.4 is 0 Å². The largest absolute Gasteiger partial charge is 0.288 e. The number of carbonyl (C=O) groups excluding carboxylic acids is 1. The summed E-state index contributed by atoms with van der Waals surface area (Å²) in [7, 11) is 0. The summed E-state index contributed by atoms with van der Waals surface area (Å²) in [6.07, 6.45) is 0. The molecule has 0 heterocycles. The lowest BCUT2D eigenvalue weighted by atomic mass is 10.0. The Labute approximate surface area is 108 Å². The van der Waals surface area contributed by atoms with Crippen LogP contribution in [0.2, 0.25) is 10.0 Å². The van der Waals surface area contributed by atoms with Gasteiger partial charge in [0.2, 0.25) is 0 Å². The Morgan fingerprint density at radius 1 is 1.00 bits per heavy atom. The van der Waals surface area contributed by atoms with Gasteiger partial charge in [-0.05, 0) is 36.4 Å². The lowest BCUT2D eigenvalue weighted by Crippen LogP contribution is -2.05. The third kappa shape index (κ3) is 2.48. The van der Waals surface area contributed by atoms with E-state index in [1.54, 1.807) is 12.1 Å². The van der Waals surface area contributed by atoms with E-state index in [9.17, 15) is 9.18 Å². The van der Waals surface area contributed by atoms with E-state index in [1.807, 2.05) is 0 Å². The molecule has 4 heteroatoms. The van der Waals surface area contributed by atoms with Gasteiger partial charge < -0.3 is 0 Å². The first-order valence-electron chi connectivity index (χ1n) is 4.84. The lowest BCUT2D eigenvalue weighted by Gasteiger charge is -2.04. The summed E-state index contributed by atoms with van der Waals surface area (Å²) in [4.78, 5) is 12.0. The molecule has 0 spiro atoms. The van der Waals surface area contributed by atoms with Crippen molar-refractivity contribution in [3.05, 3.63) is 69.5 Å². The Balaban J connectivity index is 2.47. The van der Waals surface area contributed by atoms with Gasteiger partial charge in [0.15, 0.2) is 5.78 Å². The minimum atomic E-state index is -0.627. The molecular formula is C13H7Cl2FO. The standard InChI is InChI=1S/C13H7Cl2FO/c14-9-6-4-8(5-7-9)13(17)12-10(15)2-1-3-11(12)16/h1-7H. The predicted molar refractivity (Wildman–Crippen MR) is 66.3 cm³/mol. The topological polar surface area (TPSA) is 17.1 Å². The molecule has 0 amide bonds. The van der Waals surface area contributed by atoms with E-state index < -0.39 is 11.6 Å². The maximum atomic E-state index is 13.5. The van der Waals surface area contributed by atoms with Gasteiger partial charge in [0.1, 0.15) is 5.82 Å². The molecule has 2 aromatic rings. The number of benzene rings is 2. The second-order valence-electron chi connectivity index (χ2n) is 3.43. The van der Waals surface area contributed by atoms with Gasteiger partial charge in [-0.3, -0.25) is 4.79 Å². The molecule has 0 fully saturated rings. The van der Waals surface area contributed by atoms with Gasteiger partial charge in [0.25, 0.3) is 0 Å². The Hall–Kier alpha value is -1.38. The van der Waals surface area contributed by atoms with Gasteiger partial charge in [-0.2, -0.15) is 0 Å². The monoisotopic (exact) mass is 268 g/mol. The maximum absolute atomic E-state index is 13.5. The van der Waals surface area contributed by atoms with Crippen molar-refractivity contribution in [1.82, 2.24) is 0 Å². The van der Waals surface area contributed by atoms with E-state index in [0.717, 1.165) is 0 Å². The van der Waals surface area contributed by atoms with Gasteiger partial charge in [-0.1, -0.05) is 29.3 Å². The van der Waals surface area contributed by atoms with Crippen molar-refractivity contribution in [3.8, 4) is 0 Å². The summed E-state index contributed by atoms with van der Waals surface area (Å²) in [5.74, 6) is -1.08. The van der Waals surface area contributed by atoms with E-state index >= 15 is 0 Å². The third-order valence-electron chi connectivity index (χ3n) is 2.30. The Bertz CT molecular complexity index is 544. The van der Waals surface area contributed by atoms with Gasteiger partial charge >= 0.3 is 0 Å². The van der Waals surface area contributed by atoms with Gasteiger partial charge in [-0.15, -0.1) is 0 Å². The van der Waals surface area contributed by atoms with Crippen LogP contribution in [-0.2, 0) is 0 Å². The molecule has 0 aromatic heterocycles. The normalized spacial score (nSPS) is 10.3. The van der Waals surface area contributed by atoms with Crippen LogP contribution in [0.5, 0.6) is 0 Å². The Kier molecular flexibility index (Phi) is 3.46. The van der Waals surface area contributed by atoms with Crippen molar-refractivity contribution in [1.29, 1.82) is 0 Å². The summed E-state index contributed by atoms with van der Waals surface area (Å²) in [5, 5.41) is 0.617. The number of hydrogen-bond acceptors (Lipinski definition) is 1. The highest BCUT2D eigenvalue weighted by Gasteiger charge is 2.17. The summed E-state index contributed by atoms with van der Waals surface area (Å²) in [5.41, 5.74) is 0.234. The number of ketones is 1. The molecule has 0 aliphatic heterocycles. The molecule has 0 bridgehead atoms. The van der Waals surface area contributed by atoms with Crippen LogP contribution in [0, 0.1) is 5.82 Å². The second kappa shape index (κ2) is 4.86. The minimum absolute atomic E-state index is 0.102. The van der Waals surface area contributed by atoms with Gasteiger partial charge in [-0.25, -0.2) is 4.39 Å². The Morgan fingerprint density at radius 2 is 1.65 bits per heavy atom. The molecule has 0 saturated carbocycles. The summed E-state index contributed by atoms with van der Waals surface area (Å²) in [6, 6.07) is 10.4. The van der Waals surface area contributed by atoms with E-state index in [0.29, 0.717) is 10.6 Å². The van der Waals surface area contributed by atoms with Crippen LogP contribution in [0.3, 0.4) is 0 Å². The smallest absolute Gasteiger partial charge is 0.197 e. The summed E-state index contributed by atoms with van der Waals surface area (Å²) >= 11 is 11.5. The molecule has 86 valence electrons. The fourth-order valence-electron chi connectivity index (χ4n) is 1.46. The van der Waals surface area contributed by atoms with Crippen molar-refractivity contribution in [3.63, 3.8) is 0 Å². The van der Waals surface area contributed by atoms with Crippen molar-refractivity contribution >= 4 is 29.0 Å². The molecule has 1 nitrogen and oxygen atoms in total. The first-order chi connectivity index (χ1) is 8.09. The van der Waals surface area contributed by atoms with E-state index in [-0.39, 0.29) is 10.6 Å². The van der Waals surface area contributed by atoms with Crippen molar-refractivity contribution in [2.45, 2.75) is 0 Å². The number of rotatable bonds is 2. The molecule has 2 aromatic carbocycles. The maximum Gasteiger partial charge on any atom is 0.197 e. The van der Waals surface area contributed by atoms with Crippen molar-refractivity contribution < 1.29 is 9.18 Å². The molecule has 0 unspecified atom stereocenters. The van der Waals surface area contributed by atoms with E-state index in [2.05, 4.69) is 0 Å². The first-order valence-corrected chi connectivity index (χ1v) is 5.59. The van der Waals surface area contributed by atoms with Crippen molar-refractivity contribution in [2.75, 3.05) is 0 Å². The quantitative estimate of drug-likeness (QED) is 0.740. The molecule has 0 aliphatic carbocycles. The van der Waals surface area contributed by atoms with Crippen LogP contribution in [0.1, 0.15) is 15.9 Å². The highest BCUT2D eigenvalue weighted by atomic mass is 35.5. The molecule has 0 atom stereocenters. The second-order valence-corrected chi connectivity index (χ2v) is 4.28. The zero-order valence-electron chi connectivity index (χ0n) is 8.58. The molecule has 0 N–H and O–H groups in total. The van der Waals surface area contributed by atoms with E-state index in [1.165, 1.54) is 30.3 Å². The fraction of sp³-hybridized carbons (Fsp3) is 0. The van der Waals surface area contributed by atoms with Crippen molar-refractivity contribution in [2.24, 2.45) is 0 Å². The summed E-state index contributed by atoms with van der Waals surface area (Å²) in [6.45, 7) is 0. The molecule has 0 radical (unpaired) electrons. The van der Waals surface area contributed by atoms with Crippen LogP contribution in [-0.4, -0.2) is 5.78 Å². The molecular weight excluding hydrogens is 262 g/mol. The third-order valence-corrected chi connectivity index (χ3v) is 2.86. The van der Waals surface area contributed by atoms with Gasteiger partial charge in [0.05, 0.1) is 10.6 Å². The fourth-order valence-corrected chi connectivity index (χ4v) is 1.84. The van der Waals surface area contributed by atoms with Crippen LogP contribution in [0.15, 0.2) is 42.5 Å². The van der Waals surface area contributed by atoms with Crippen LogP contribution in [0.25, 0.3) is 0 Å². The zero-order valence-corrected chi connectivity index (χ0v) is 10.1. The van der Waals surface area contributed by atoms with Gasteiger partial charge in [0, 0.05) is 10.6 Å². The number of carbonyl (C=O) groups is 1. The highest BCUT2D eigenvalue weighted by Crippen LogP contribution is 2.23. The minimum Gasteiger partial charge on any atom is -0.288 e.